The number of benzene rings is 1. The molecule has 70 valence electrons. The molecule has 2 unspecified atom stereocenters. The minimum Gasteiger partial charge on any atom is -0.321 e. The smallest absolute Gasteiger partial charge is 0.0445 e. The summed E-state index contributed by atoms with van der Waals surface area (Å²) in [4.78, 5) is 0. The summed E-state index contributed by atoms with van der Waals surface area (Å²) in [5.74, 6) is 0.702. The van der Waals surface area contributed by atoms with Crippen molar-refractivity contribution in [1.82, 2.24) is 0 Å². The molecule has 1 aromatic carbocycles. The molecule has 2 N–H and O–H groups in total. The van der Waals surface area contributed by atoms with Crippen LogP contribution in [0.25, 0.3) is 0 Å². The van der Waals surface area contributed by atoms with E-state index in [4.69, 9.17) is 5.73 Å². The van der Waals surface area contributed by atoms with Gasteiger partial charge in [0.1, 0.15) is 0 Å². The molecule has 0 radical (unpaired) electrons. The Morgan fingerprint density at radius 3 is 2.69 bits per heavy atom. The van der Waals surface area contributed by atoms with Gasteiger partial charge in [-0.15, -0.1) is 0 Å². The number of hydrogen-bond acceptors (Lipinski definition) is 1. The van der Waals surface area contributed by atoms with Crippen LogP contribution in [0.4, 0.5) is 0 Å². The van der Waals surface area contributed by atoms with E-state index in [1.165, 1.54) is 17.5 Å². The zero-order chi connectivity index (χ0) is 9.47. The van der Waals surface area contributed by atoms with Crippen LogP contribution in [0, 0.1) is 12.8 Å². The minimum atomic E-state index is 0.0000926. The fourth-order valence-electron chi connectivity index (χ4n) is 2.28. The van der Waals surface area contributed by atoms with E-state index in [1.54, 1.807) is 0 Å². The maximum atomic E-state index is 6.32. The highest BCUT2D eigenvalue weighted by molar-refractivity contribution is 5.37. The van der Waals surface area contributed by atoms with Crippen molar-refractivity contribution < 1.29 is 0 Å². The van der Waals surface area contributed by atoms with Gasteiger partial charge in [0.25, 0.3) is 0 Å². The summed E-state index contributed by atoms with van der Waals surface area (Å²) in [7, 11) is 0. The second kappa shape index (κ2) is 2.85. The molecule has 0 aromatic heterocycles. The molecule has 13 heavy (non-hydrogen) atoms. The van der Waals surface area contributed by atoms with E-state index in [9.17, 15) is 0 Å². The molecule has 0 heterocycles. The number of nitrogens with two attached hydrogens (primary N) is 1. The Labute approximate surface area is 80.0 Å². The van der Waals surface area contributed by atoms with Crippen LogP contribution in [-0.2, 0) is 5.54 Å². The van der Waals surface area contributed by atoms with Crippen molar-refractivity contribution in [2.45, 2.75) is 32.2 Å². The quantitative estimate of drug-likeness (QED) is 0.734. The molecule has 1 fully saturated rings. The van der Waals surface area contributed by atoms with Crippen molar-refractivity contribution in [3.63, 3.8) is 0 Å². The summed E-state index contributed by atoms with van der Waals surface area (Å²) in [6, 6.07) is 8.48. The van der Waals surface area contributed by atoms with Crippen molar-refractivity contribution >= 4 is 0 Å². The van der Waals surface area contributed by atoms with Crippen molar-refractivity contribution in [1.29, 1.82) is 0 Å². The molecule has 1 aromatic rings. The lowest BCUT2D eigenvalue weighted by Gasteiger charge is -2.14. The first-order chi connectivity index (χ1) is 6.18. The molecule has 1 heteroatoms. The van der Waals surface area contributed by atoms with Gasteiger partial charge in [0.2, 0.25) is 0 Å². The van der Waals surface area contributed by atoms with E-state index < -0.39 is 0 Å². The van der Waals surface area contributed by atoms with Crippen LogP contribution in [0.2, 0.25) is 0 Å². The van der Waals surface area contributed by atoms with Gasteiger partial charge in [-0.25, -0.2) is 0 Å². The highest BCUT2D eigenvalue weighted by atomic mass is 14.9. The first-order valence-corrected chi connectivity index (χ1v) is 5.03. The molecule has 1 aliphatic carbocycles. The van der Waals surface area contributed by atoms with Crippen LogP contribution < -0.4 is 5.73 Å². The average molecular weight is 175 g/mol. The van der Waals surface area contributed by atoms with E-state index in [0.29, 0.717) is 5.92 Å². The summed E-state index contributed by atoms with van der Waals surface area (Å²) >= 11 is 0. The molecule has 2 atom stereocenters. The highest BCUT2D eigenvalue weighted by Crippen LogP contribution is 2.52. The van der Waals surface area contributed by atoms with Gasteiger partial charge in [0.05, 0.1) is 0 Å². The fraction of sp³-hybridized carbons (Fsp3) is 0.500. The van der Waals surface area contributed by atoms with Crippen LogP contribution in [-0.4, -0.2) is 0 Å². The van der Waals surface area contributed by atoms with E-state index >= 15 is 0 Å². The Bertz CT molecular complexity index is 319. The molecule has 0 amide bonds. The van der Waals surface area contributed by atoms with Crippen molar-refractivity contribution in [2.75, 3.05) is 0 Å². The highest BCUT2D eigenvalue weighted by Gasteiger charge is 2.51. The van der Waals surface area contributed by atoms with Gasteiger partial charge in [-0.05, 0) is 30.4 Å². The Hall–Kier alpha value is -0.820. The summed E-state index contributed by atoms with van der Waals surface area (Å²) in [6.07, 6.45) is 2.36. The maximum absolute atomic E-state index is 6.32. The van der Waals surface area contributed by atoms with Crippen LogP contribution in [0.15, 0.2) is 24.3 Å². The van der Waals surface area contributed by atoms with Crippen LogP contribution in [0.3, 0.4) is 0 Å². The van der Waals surface area contributed by atoms with Crippen LogP contribution in [0.1, 0.15) is 30.9 Å². The monoisotopic (exact) mass is 175 g/mol. The third-order valence-corrected chi connectivity index (χ3v) is 3.29. The number of aryl methyl sites for hydroxylation is 1. The Morgan fingerprint density at radius 1 is 1.46 bits per heavy atom. The topological polar surface area (TPSA) is 26.0 Å². The molecular formula is C12H17N. The maximum Gasteiger partial charge on any atom is 0.0445 e. The van der Waals surface area contributed by atoms with E-state index in [2.05, 4.69) is 38.1 Å². The first kappa shape index (κ1) is 8.76. The first-order valence-electron chi connectivity index (χ1n) is 5.03. The minimum absolute atomic E-state index is 0.0000926. The summed E-state index contributed by atoms with van der Waals surface area (Å²) in [5, 5.41) is 0. The van der Waals surface area contributed by atoms with E-state index in [-0.39, 0.29) is 5.54 Å². The van der Waals surface area contributed by atoms with Crippen molar-refractivity contribution in [3.05, 3.63) is 35.4 Å². The summed E-state index contributed by atoms with van der Waals surface area (Å²) < 4.78 is 0. The summed E-state index contributed by atoms with van der Waals surface area (Å²) in [5.41, 5.74) is 9.01. The van der Waals surface area contributed by atoms with E-state index in [0.717, 1.165) is 6.42 Å². The lowest BCUT2D eigenvalue weighted by molar-refractivity contribution is 0.612. The van der Waals surface area contributed by atoms with Crippen molar-refractivity contribution in [2.24, 2.45) is 11.7 Å². The normalized spacial score (nSPS) is 31.8. The second-order valence-electron chi connectivity index (χ2n) is 4.16. The lowest BCUT2D eigenvalue weighted by Crippen LogP contribution is -2.23. The molecule has 2 rings (SSSR count). The molecule has 1 nitrogen and oxygen atoms in total. The number of hydrogen-bond donors (Lipinski definition) is 1. The predicted molar refractivity (Wildman–Crippen MR) is 55.4 cm³/mol. The molecular weight excluding hydrogens is 158 g/mol. The number of rotatable bonds is 2. The van der Waals surface area contributed by atoms with Gasteiger partial charge in [-0.3, -0.25) is 0 Å². The SMILES string of the molecule is CCC1CC1(N)c1ccccc1C. The Kier molecular flexibility index (Phi) is 1.92. The zero-order valence-corrected chi connectivity index (χ0v) is 8.38. The summed E-state index contributed by atoms with van der Waals surface area (Å²) in [6.45, 7) is 4.37. The van der Waals surface area contributed by atoms with Gasteiger partial charge < -0.3 is 5.73 Å². The third-order valence-electron chi connectivity index (χ3n) is 3.29. The second-order valence-corrected chi connectivity index (χ2v) is 4.16. The molecule has 0 saturated heterocycles. The Balaban J connectivity index is 2.32. The molecule has 0 bridgehead atoms. The average Bonchev–Trinajstić information content (AvgIpc) is 2.79. The molecule has 0 aliphatic heterocycles. The molecule has 0 spiro atoms. The molecule has 1 saturated carbocycles. The van der Waals surface area contributed by atoms with Gasteiger partial charge >= 0.3 is 0 Å². The zero-order valence-electron chi connectivity index (χ0n) is 8.38. The van der Waals surface area contributed by atoms with Crippen molar-refractivity contribution in [3.8, 4) is 0 Å². The predicted octanol–water partition coefficient (Wildman–Crippen LogP) is 2.58. The third kappa shape index (κ3) is 1.28. The van der Waals surface area contributed by atoms with Crippen LogP contribution >= 0.6 is 0 Å². The lowest BCUT2D eigenvalue weighted by atomic mass is 9.97. The van der Waals surface area contributed by atoms with E-state index in [1.807, 2.05) is 0 Å². The fourth-order valence-corrected chi connectivity index (χ4v) is 2.28. The van der Waals surface area contributed by atoms with Crippen LogP contribution in [0.5, 0.6) is 0 Å². The van der Waals surface area contributed by atoms with Gasteiger partial charge in [-0.1, -0.05) is 37.6 Å². The Morgan fingerprint density at radius 2 is 2.15 bits per heavy atom. The van der Waals surface area contributed by atoms with Gasteiger partial charge in [-0.2, -0.15) is 0 Å². The van der Waals surface area contributed by atoms with Gasteiger partial charge in [0.15, 0.2) is 0 Å². The van der Waals surface area contributed by atoms with Gasteiger partial charge in [0, 0.05) is 5.54 Å². The molecule has 1 aliphatic rings. The largest absolute Gasteiger partial charge is 0.321 e. The standard InChI is InChI=1S/C12H17N/c1-3-10-8-12(10,13)11-7-5-4-6-9(11)2/h4-7,10H,3,8,13H2,1-2H3.